The summed E-state index contributed by atoms with van der Waals surface area (Å²) in [5.41, 5.74) is 7.18. The van der Waals surface area contributed by atoms with Crippen molar-refractivity contribution in [3.05, 3.63) is 0 Å². The van der Waals surface area contributed by atoms with Crippen molar-refractivity contribution in [1.29, 1.82) is 0 Å². The van der Waals surface area contributed by atoms with Gasteiger partial charge < -0.3 is 5.73 Å². The molecule has 0 heterocycles. The van der Waals surface area contributed by atoms with Crippen molar-refractivity contribution in [3.8, 4) is 0 Å². The van der Waals surface area contributed by atoms with Crippen LogP contribution >= 0.6 is 0 Å². The molecule has 0 amide bonds. The summed E-state index contributed by atoms with van der Waals surface area (Å²) in [6, 6.07) is 0. The highest BCUT2D eigenvalue weighted by Gasteiger charge is 1.90. The minimum atomic E-state index is -0.0811. The Morgan fingerprint density at radius 3 is 2.44 bits per heavy atom. The molecule has 0 radical (unpaired) electrons. The highest BCUT2D eigenvalue weighted by molar-refractivity contribution is 5.76. The average Bonchev–Trinajstić information content (AvgIpc) is 1.82. The quantitative estimate of drug-likeness (QED) is 0.143. The Balaban J connectivity index is 3.68. The van der Waals surface area contributed by atoms with E-state index < -0.39 is 0 Å². The van der Waals surface area contributed by atoms with Crippen molar-refractivity contribution in [2.24, 2.45) is 27.6 Å². The van der Waals surface area contributed by atoms with E-state index in [9.17, 15) is 0 Å². The first kappa shape index (κ1) is 7.66. The van der Waals surface area contributed by atoms with Gasteiger partial charge in [-0.25, -0.2) is 16.8 Å². The standard InChI is InChI=1S/C2H9N7/c1-6-8-7-2(3)9(4)5/h8H,1,4-5H2,(H2,3,7). The molecule has 0 spiro atoms. The third-order valence-corrected chi connectivity index (χ3v) is 0.500. The molecule has 7 nitrogen and oxygen atoms in total. The SMILES string of the molecule is C=NN/N=C(\N)N(N)N. The van der Waals surface area contributed by atoms with Gasteiger partial charge in [0.2, 0.25) is 5.96 Å². The second kappa shape index (κ2) is 3.64. The van der Waals surface area contributed by atoms with Crippen molar-refractivity contribution in [2.75, 3.05) is 0 Å². The molecule has 0 fully saturated rings. The summed E-state index contributed by atoms with van der Waals surface area (Å²) in [6.07, 6.45) is 0. The second-order valence-corrected chi connectivity index (χ2v) is 1.14. The summed E-state index contributed by atoms with van der Waals surface area (Å²) in [4.78, 5) is 0. The molecular formula is C2H9N7. The van der Waals surface area contributed by atoms with Gasteiger partial charge in [0.25, 0.3) is 0 Å². The molecule has 0 atom stereocenters. The van der Waals surface area contributed by atoms with Crippen molar-refractivity contribution >= 4 is 12.7 Å². The zero-order valence-electron chi connectivity index (χ0n) is 4.78. The third kappa shape index (κ3) is 3.26. The molecule has 7 N–H and O–H groups in total. The molecule has 0 aliphatic carbocycles. The Labute approximate surface area is 52.1 Å². The summed E-state index contributed by atoms with van der Waals surface area (Å²) in [6.45, 7) is 3.07. The second-order valence-electron chi connectivity index (χ2n) is 1.14. The zero-order valence-corrected chi connectivity index (χ0v) is 4.78. The van der Waals surface area contributed by atoms with Gasteiger partial charge in [0.15, 0.2) is 0 Å². The van der Waals surface area contributed by atoms with Gasteiger partial charge in [-0.15, -0.1) is 5.10 Å². The van der Waals surface area contributed by atoms with Crippen LogP contribution in [0.1, 0.15) is 0 Å². The molecule has 9 heavy (non-hydrogen) atoms. The lowest BCUT2D eigenvalue weighted by molar-refractivity contribution is 0.453. The molecule has 0 aromatic heterocycles. The lowest BCUT2D eigenvalue weighted by Crippen LogP contribution is -2.48. The first-order chi connectivity index (χ1) is 4.18. The fourth-order valence-corrected chi connectivity index (χ4v) is 0.144. The van der Waals surface area contributed by atoms with Crippen LogP contribution in [-0.4, -0.2) is 17.8 Å². The van der Waals surface area contributed by atoms with Crippen molar-refractivity contribution in [1.82, 2.24) is 10.7 Å². The third-order valence-electron chi connectivity index (χ3n) is 0.500. The van der Waals surface area contributed by atoms with Crippen LogP contribution in [0.2, 0.25) is 0 Å². The number of rotatable bonds is 2. The van der Waals surface area contributed by atoms with Crippen LogP contribution in [-0.2, 0) is 0 Å². The summed E-state index contributed by atoms with van der Waals surface area (Å²) in [5, 5.41) is 7.14. The van der Waals surface area contributed by atoms with Crippen LogP contribution < -0.4 is 23.0 Å². The predicted molar refractivity (Wildman–Crippen MR) is 34.5 cm³/mol. The molecule has 0 unspecified atom stereocenters. The molecule has 0 aliphatic heterocycles. The highest BCUT2D eigenvalue weighted by Crippen LogP contribution is 1.62. The first-order valence-corrected chi connectivity index (χ1v) is 2.02. The van der Waals surface area contributed by atoms with Crippen LogP contribution in [0.3, 0.4) is 0 Å². The lowest BCUT2D eigenvalue weighted by Gasteiger charge is -2.07. The molecule has 0 aliphatic rings. The normalized spacial score (nSPS) is 10.7. The number of guanidine groups is 1. The van der Waals surface area contributed by atoms with Gasteiger partial charge in [-0.1, -0.05) is 0 Å². The summed E-state index contributed by atoms with van der Waals surface area (Å²) >= 11 is 0. The van der Waals surface area contributed by atoms with Crippen LogP contribution in [0.25, 0.3) is 0 Å². The monoisotopic (exact) mass is 131 g/mol. The first-order valence-electron chi connectivity index (χ1n) is 2.02. The molecular weight excluding hydrogens is 122 g/mol. The summed E-state index contributed by atoms with van der Waals surface area (Å²) < 4.78 is 0. The van der Waals surface area contributed by atoms with Gasteiger partial charge in [0.05, 0.1) is 0 Å². The van der Waals surface area contributed by atoms with E-state index in [-0.39, 0.29) is 5.96 Å². The predicted octanol–water partition coefficient (Wildman–Crippen LogP) is -2.53. The van der Waals surface area contributed by atoms with Gasteiger partial charge in [-0.3, -0.25) is 0 Å². The van der Waals surface area contributed by atoms with E-state index in [1.807, 2.05) is 0 Å². The number of hydrogen-bond donors (Lipinski definition) is 4. The smallest absolute Gasteiger partial charge is 0.244 e. The highest BCUT2D eigenvalue weighted by atomic mass is 15.7. The maximum atomic E-state index is 5.08. The summed E-state index contributed by atoms with van der Waals surface area (Å²) in [7, 11) is 0. The largest absolute Gasteiger partial charge is 0.366 e. The zero-order chi connectivity index (χ0) is 7.28. The number of hydrazine groups is 2. The molecule has 52 valence electrons. The van der Waals surface area contributed by atoms with E-state index in [0.717, 1.165) is 0 Å². The van der Waals surface area contributed by atoms with E-state index >= 15 is 0 Å². The lowest BCUT2D eigenvalue weighted by atomic mass is 11.0. The van der Waals surface area contributed by atoms with Gasteiger partial charge in [0.1, 0.15) is 0 Å². The molecule has 0 rings (SSSR count). The molecule has 0 aromatic rings. The van der Waals surface area contributed by atoms with Gasteiger partial charge in [0, 0.05) is 6.72 Å². The van der Waals surface area contributed by atoms with Crippen LogP contribution in [0.4, 0.5) is 0 Å². The molecule has 0 saturated heterocycles. The number of nitrogens with one attached hydrogen (secondary N) is 1. The Kier molecular flexibility index (Phi) is 3.09. The van der Waals surface area contributed by atoms with Crippen LogP contribution in [0.5, 0.6) is 0 Å². The van der Waals surface area contributed by atoms with Gasteiger partial charge in [-0.05, 0) is 0 Å². The Morgan fingerprint density at radius 1 is 1.56 bits per heavy atom. The Hall–Kier alpha value is -1.34. The van der Waals surface area contributed by atoms with Gasteiger partial charge in [-0.2, -0.15) is 10.6 Å². The molecule has 0 aromatic carbocycles. The van der Waals surface area contributed by atoms with Crippen molar-refractivity contribution in [2.45, 2.75) is 0 Å². The number of hydrogen-bond acceptors (Lipinski definition) is 5. The molecule has 0 saturated carbocycles. The van der Waals surface area contributed by atoms with E-state index in [0.29, 0.717) is 5.12 Å². The van der Waals surface area contributed by atoms with Crippen molar-refractivity contribution in [3.63, 3.8) is 0 Å². The number of hydrazone groups is 2. The fraction of sp³-hybridized carbons (Fsp3) is 0. The van der Waals surface area contributed by atoms with E-state index in [1.54, 1.807) is 0 Å². The maximum Gasteiger partial charge on any atom is 0.244 e. The Morgan fingerprint density at radius 2 is 2.11 bits per heavy atom. The molecule has 7 heteroatoms. The number of nitrogens with zero attached hydrogens (tertiary/aromatic N) is 3. The van der Waals surface area contributed by atoms with E-state index in [2.05, 4.69) is 22.5 Å². The molecule has 0 bridgehead atoms. The topological polar surface area (TPSA) is 118 Å². The van der Waals surface area contributed by atoms with Crippen molar-refractivity contribution < 1.29 is 0 Å². The fourth-order valence-electron chi connectivity index (χ4n) is 0.144. The Bertz CT molecular complexity index is 114. The van der Waals surface area contributed by atoms with E-state index in [1.165, 1.54) is 0 Å². The maximum absolute atomic E-state index is 5.08. The summed E-state index contributed by atoms with van der Waals surface area (Å²) in [5.74, 6) is 9.78. The van der Waals surface area contributed by atoms with Crippen LogP contribution in [0, 0.1) is 0 Å². The minimum absolute atomic E-state index is 0.0811. The number of nitrogens with two attached hydrogens (primary N) is 3. The average molecular weight is 131 g/mol. The minimum Gasteiger partial charge on any atom is -0.366 e. The van der Waals surface area contributed by atoms with Crippen LogP contribution in [0.15, 0.2) is 10.2 Å². The van der Waals surface area contributed by atoms with Gasteiger partial charge >= 0.3 is 0 Å². The van der Waals surface area contributed by atoms with E-state index in [4.69, 9.17) is 17.4 Å².